The van der Waals surface area contributed by atoms with Crippen LogP contribution in [-0.2, 0) is 11.3 Å². The van der Waals surface area contributed by atoms with Crippen molar-refractivity contribution in [3.8, 4) is 0 Å². The van der Waals surface area contributed by atoms with Crippen molar-refractivity contribution in [2.75, 3.05) is 13.1 Å². The minimum atomic E-state index is -0.261. The predicted molar refractivity (Wildman–Crippen MR) is 100.0 cm³/mol. The fourth-order valence-electron chi connectivity index (χ4n) is 3.15. The monoisotopic (exact) mass is 350 g/mol. The van der Waals surface area contributed by atoms with Crippen molar-refractivity contribution in [2.45, 2.75) is 26.0 Å². The molecule has 0 bridgehead atoms. The van der Waals surface area contributed by atoms with E-state index in [-0.39, 0.29) is 12.1 Å². The van der Waals surface area contributed by atoms with Crippen LogP contribution in [0.25, 0.3) is 10.4 Å². The van der Waals surface area contributed by atoms with Crippen molar-refractivity contribution in [3.05, 3.63) is 76.2 Å². The van der Waals surface area contributed by atoms with Crippen LogP contribution in [0.15, 0.2) is 59.7 Å². The minimum absolute atomic E-state index is 0.112. The number of benzene rings is 2. The van der Waals surface area contributed by atoms with Crippen LogP contribution in [0.4, 0.5) is 5.69 Å². The van der Waals surface area contributed by atoms with Crippen LogP contribution in [0.1, 0.15) is 29.3 Å². The molecule has 134 valence electrons. The Hall–Kier alpha value is -2.82. The number of hydrogen-bond donors (Lipinski definition) is 0. The number of azide groups is 1. The highest BCUT2D eigenvalue weighted by Crippen LogP contribution is 2.23. The summed E-state index contributed by atoms with van der Waals surface area (Å²) in [5, 5.41) is 3.59. The Kier molecular flexibility index (Phi) is 5.89. The lowest BCUT2D eigenvalue weighted by molar-refractivity contribution is -0.0156. The summed E-state index contributed by atoms with van der Waals surface area (Å²) in [4.78, 5) is 17.4. The molecule has 1 aliphatic heterocycles. The molecular weight excluding hydrogens is 328 g/mol. The zero-order valence-electron chi connectivity index (χ0n) is 14.8. The molecule has 26 heavy (non-hydrogen) atoms. The fourth-order valence-corrected chi connectivity index (χ4v) is 3.15. The average molecular weight is 350 g/mol. The molecule has 0 aromatic heterocycles. The van der Waals surface area contributed by atoms with Crippen LogP contribution in [-0.4, -0.2) is 30.1 Å². The Bertz CT molecular complexity index is 785. The summed E-state index contributed by atoms with van der Waals surface area (Å²) < 4.78 is 5.77. The molecule has 0 spiro atoms. The van der Waals surface area contributed by atoms with Crippen molar-refractivity contribution in [2.24, 2.45) is 11.0 Å². The molecule has 1 saturated heterocycles. The van der Waals surface area contributed by atoms with Crippen molar-refractivity contribution in [3.63, 3.8) is 0 Å². The van der Waals surface area contributed by atoms with E-state index in [4.69, 9.17) is 10.3 Å². The number of hydrogen-bond acceptors (Lipinski definition) is 4. The lowest BCUT2D eigenvalue weighted by Gasteiger charge is -2.36. The highest BCUT2D eigenvalue weighted by Gasteiger charge is 2.29. The first-order valence-corrected chi connectivity index (χ1v) is 8.78. The predicted octanol–water partition coefficient (Wildman–Crippen LogP) is 4.70. The summed E-state index contributed by atoms with van der Waals surface area (Å²) >= 11 is 0. The standard InChI is InChI=1S/C20H22N4O2/c1-15-11-12-24(13-16-7-9-18(10-8-16)22-23-21)14-19(15)26-20(25)17-5-3-2-4-6-17/h2-10,15,19H,11-14H2,1H3. The summed E-state index contributed by atoms with van der Waals surface area (Å²) in [5.74, 6) is 0.0780. The van der Waals surface area contributed by atoms with E-state index in [0.29, 0.717) is 17.2 Å². The van der Waals surface area contributed by atoms with Gasteiger partial charge in [-0.05, 0) is 42.1 Å². The van der Waals surface area contributed by atoms with Crippen LogP contribution in [0.3, 0.4) is 0 Å². The average Bonchev–Trinajstić information content (AvgIpc) is 2.67. The van der Waals surface area contributed by atoms with E-state index in [2.05, 4.69) is 21.8 Å². The van der Waals surface area contributed by atoms with Crippen LogP contribution in [0.2, 0.25) is 0 Å². The van der Waals surface area contributed by atoms with Crippen LogP contribution < -0.4 is 0 Å². The zero-order valence-corrected chi connectivity index (χ0v) is 14.8. The highest BCUT2D eigenvalue weighted by molar-refractivity contribution is 5.89. The second-order valence-corrected chi connectivity index (χ2v) is 6.67. The molecule has 1 aliphatic rings. The molecule has 2 aromatic rings. The van der Waals surface area contributed by atoms with E-state index in [0.717, 1.165) is 31.6 Å². The molecule has 0 radical (unpaired) electrons. The number of ether oxygens (including phenoxy) is 1. The molecule has 2 aromatic carbocycles. The van der Waals surface area contributed by atoms with E-state index in [9.17, 15) is 4.79 Å². The summed E-state index contributed by atoms with van der Waals surface area (Å²) in [6, 6.07) is 16.7. The third kappa shape index (κ3) is 4.63. The molecule has 2 unspecified atom stereocenters. The Morgan fingerprint density at radius 2 is 1.96 bits per heavy atom. The smallest absolute Gasteiger partial charge is 0.338 e. The number of esters is 1. The second kappa shape index (κ2) is 8.52. The maximum absolute atomic E-state index is 12.3. The van der Waals surface area contributed by atoms with Crippen molar-refractivity contribution in [1.82, 2.24) is 4.90 Å². The summed E-state index contributed by atoms with van der Waals surface area (Å²) in [6.07, 6.45) is 0.878. The molecule has 0 N–H and O–H groups in total. The fraction of sp³-hybridized carbons (Fsp3) is 0.350. The van der Waals surface area contributed by atoms with Gasteiger partial charge in [-0.25, -0.2) is 4.79 Å². The van der Waals surface area contributed by atoms with Crippen LogP contribution >= 0.6 is 0 Å². The van der Waals surface area contributed by atoms with Gasteiger partial charge in [-0.2, -0.15) is 0 Å². The number of nitrogens with zero attached hydrogens (tertiary/aromatic N) is 4. The first-order chi connectivity index (χ1) is 12.7. The first kappa shape index (κ1) is 18.0. The molecule has 0 saturated carbocycles. The third-order valence-electron chi connectivity index (χ3n) is 4.74. The van der Waals surface area contributed by atoms with Gasteiger partial charge in [0.05, 0.1) is 5.56 Å². The van der Waals surface area contributed by atoms with Gasteiger partial charge in [0.25, 0.3) is 0 Å². The maximum atomic E-state index is 12.3. The highest BCUT2D eigenvalue weighted by atomic mass is 16.5. The van der Waals surface area contributed by atoms with E-state index < -0.39 is 0 Å². The van der Waals surface area contributed by atoms with Gasteiger partial charge in [0, 0.05) is 23.7 Å². The van der Waals surface area contributed by atoms with Gasteiger partial charge in [0.1, 0.15) is 6.10 Å². The number of carbonyl (C=O) groups excluding carboxylic acids is 1. The van der Waals surface area contributed by atoms with Crippen molar-refractivity contribution < 1.29 is 9.53 Å². The first-order valence-electron chi connectivity index (χ1n) is 8.78. The number of piperidine rings is 1. The largest absolute Gasteiger partial charge is 0.457 e. The summed E-state index contributed by atoms with van der Waals surface area (Å²) in [7, 11) is 0. The topological polar surface area (TPSA) is 78.3 Å². The van der Waals surface area contributed by atoms with Gasteiger partial charge >= 0.3 is 5.97 Å². The molecule has 0 amide bonds. The quantitative estimate of drug-likeness (QED) is 0.339. The Labute approximate surface area is 153 Å². The lowest BCUT2D eigenvalue weighted by atomic mass is 9.95. The molecule has 1 heterocycles. The van der Waals surface area contributed by atoms with Gasteiger partial charge in [-0.15, -0.1) is 0 Å². The second-order valence-electron chi connectivity index (χ2n) is 6.67. The lowest BCUT2D eigenvalue weighted by Crippen LogP contribution is -2.44. The summed E-state index contributed by atoms with van der Waals surface area (Å²) in [6.45, 7) is 4.61. The molecule has 2 atom stereocenters. The molecular formula is C20H22N4O2. The molecule has 3 rings (SSSR count). The number of likely N-dealkylation sites (tertiary alicyclic amines) is 1. The molecule has 6 nitrogen and oxygen atoms in total. The van der Waals surface area contributed by atoms with Crippen LogP contribution in [0.5, 0.6) is 0 Å². The molecule has 0 aliphatic carbocycles. The van der Waals surface area contributed by atoms with Gasteiger partial charge in [0.2, 0.25) is 0 Å². The van der Waals surface area contributed by atoms with E-state index in [1.54, 1.807) is 12.1 Å². The summed E-state index contributed by atoms with van der Waals surface area (Å²) in [5.41, 5.74) is 10.8. The van der Waals surface area contributed by atoms with Crippen molar-refractivity contribution >= 4 is 11.7 Å². The van der Waals surface area contributed by atoms with E-state index in [1.807, 2.05) is 42.5 Å². The minimum Gasteiger partial charge on any atom is -0.457 e. The Balaban J connectivity index is 1.60. The maximum Gasteiger partial charge on any atom is 0.338 e. The van der Waals surface area contributed by atoms with E-state index >= 15 is 0 Å². The zero-order chi connectivity index (χ0) is 18.4. The molecule has 1 fully saturated rings. The van der Waals surface area contributed by atoms with Crippen molar-refractivity contribution in [1.29, 1.82) is 0 Å². The third-order valence-corrected chi connectivity index (χ3v) is 4.74. The van der Waals surface area contributed by atoms with Gasteiger partial charge < -0.3 is 4.74 Å². The Morgan fingerprint density at radius 3 is 2.65 bits per heavy atom. The van der Waals surface area contributed by atoms with Crippen LogP contribution in [0, 0.1) is 5.92 Å². The number of rotatable bonds is 5. The van der Waals surface area contributed by atoms with Gasteiger partial charge in [-0.3, -0.25) is 4.90 Å². The molecule has 6 heteroatoms. The van der Waals surface area contributed by atoms with E-state index in [1.165, 1.54) is 0 Å². The normalized spacial score (nSPS) is 20.2. The van der Waals surface area contributed by atoms with Gasteiger partial charge in [0.15, 0.2) is 0 Å². The number of carbonyl (C=O) groups is 1. The van der Waals surface area contributed by atoms with Gasteiger partial charge in [-0.1, -0.05) is 54.5 Å². The Morgan fingerprint density at radius 1 is 1.23 bits per heavy atom. The SMILES string of the molecule is CC1CCN(Cc2ccc(N=[N+]=[N-])cc2)CC1OC(=O)c1ccccc1.